The number of rotatable bonds is 7. The number of pyridine rings is 1. The smallest absolute Gasteiger partial charge is 0.341 e. The maximum absolute atomic E-state index is 12.3. The second kappa shape index (κ2) is 11.3. The number of aryl methyl sites for hydroxylation is 2. The first-order chi connectivity index (χ1) is 19.5. The van der Waals surface area contributed by atoms with Crippen molar-refractivity contribution in [1.29, 1.82) is 0 Å². The second-order valence-corrected chi connectivity index (χ2v) is 10.9. The van der Waals surface area contributed by atoms with E-state index in [1.54, 1.807) is 17.8 Å². The van der Waals surface area contributed by atoms with Crippen LogP contribution in [0.15, 0.2) is 60.9 Å². The molecule has 7 nitrogen and oxygen atoms in total. The van der Waals surface area contributed by atoms with Gasteiger partial charge in [0.2, 0.25) is 0 Å². The van der Waals surface area contributed by atoms with Gasteiger partial charge in [0.1, 0.15) is 5.56 Å². The molecule has 206 valence electrons. The molecule has 1 aliphatic carbocycles. The van der Waals surface area contributed by atoms with Crippen LogP contribution in [0.1, 0.15) is 76.5 Å². The number of piperidine rings is 1. The van der Waals surface area contributed by atoms with E-state index in [1.807, 2.05) is 13.1 Å². The molecule has 3 heterocycles. The van der Waals surface area contributed by atoms with E-state index in [4.69, 9.17) is 4.74 Å². The molecule has 0 radical (unpaired) electrons. The zero-order valence-electron chi connectivity index (χ0n) is 23.5. The van der Waals surface area contributed by atoms with Gasteiger partial charge in [0.25, 0.3) is 0 Å². The molecule has 1 unspecified atom stereocenters. The highest BCUT2D eigenvalue weighted by Crippen LogP contribution is 2.41. The number of nitrogens with one attached hydrogen (secondary N) is 2. The zero-order valence-corrected chi connectivity index (χ0v) is 23.5. The number of aromatic nitrogens is 3. The maximum atomic E-state index is 12.3. The summed E-state index contributed by atoms with van der Waals surface area (Å²) in [6.07, 6.45) is 7.90. The number of benzene rings is 2. The number of hydrogen-bond acceptors (Lipinski definition) is 6. The van der Waals surface area contributed by atoms with Gasteiger partial charge in [0.05, 0.1) is 24.5 Å². The van der Waals surface area contributed by atoms with Gasteiger partial charge in [0, 0.05) is 11.9 Å². The van der Waals surface area contributed by atoms with Gasteiger partial charge in [-0.2, -0.15) is 5.10 Å². The quantitative estimate of drug-likeness (QED) is 0.271. The Morgan fingerprint density at radius 3 is 2.75 bits per heavy atom. The van der Waals surface area contributed by atoms with E-state index < -0.39 is 0 Å². The van der Waals surface area contributed by atoms with Gasteiger partial charge >= 0.3 is 5.97 Å². The predicted octanol–water partition coefficient (Wildman–Crippen LogP) is 6.29. The predicted molar refractivity (Wildman–Crippen MR) is 158 cm³/mol. The molecule has 2 aromatic heterocycles. The largest absolute Gasteiger partial charge is 0.462 e. The van der Waals surface area contributed by atoms with Crippen LogP contribution in [-0.4, -0.2) is 40.4 Å². The summed E-state index contributed by atoms with van der Waals surface area (Å²) in [6.45, 7) is 8.43. The van der Waals surface area contributed by atoms with E-state index in [9.17, 15) is 4.79 Å². The van der Waals surface area contributed by atoms with E-state index in [-0.39, 0.29) is 12.0 Å². The first kappa shape index (κ1) is 26.3. The van der Waals surface area contributed by atoms with Crippen molar-refractivity contribution in [2.24, 2.45) is 0 Å². The Hall–Kier alpha value is -3.97. The molecular formula is C33H37N5O2. The van der Waals surface area contributed by atoms with Crippen molar-refractivity contribution < 1.29 is 9.53 Å². The lowest BCUT2D eigenvalue weighted by Gasteiger charge is -2.25. The van der Waals surface area contributed by atoms with E-state index in [2.05, 4.69) is 76.2 Å². The summed E-state index contributed by atoms with van der Waals surface area (Å²) in [4.78, 5) is 16.9. The number of carbonyl (C=O) groups excluding carboxylic acids is 1. The van der Waals surface area contributed by atoms with Crippen molar-refractivity contribution in [3.63, 3.8) is 0 Å². The molecule has 2 N–H and O–H groups in total. The van der Waals surface area contributed by atoms with Crippen LogP contribution in [0.4, 0.5) is 5.69 Å². The van der Waals surface area contributed by atoms with Crippen molar-refractivity contribution in [3.05, 3.63) is 94.4 Å². The highest BCUT2D eigenvalue weighted by molar-refractivity contribution is 5.90. The number of esters is 1. The lowest BCUT2D eigenvalue weighted by molar-refractivity contribution is 0.0525. The number of carbonyl (C=O) groups is 1. The first-order valence-electron chi connectivity index (χ1n) is 14.4. The molecule has 4 aromatic rings. The van der Waals surface area contributed by atoms with Gasteiger partial charge in [-0.3, -0.25) is 0 Å². The van der Waals surface area contributed by atoms with Crippen LogP contribution in [0, 0.1) is 13.8 Å². The summed E-state index contributed by atoms with van der Waals surface area (Å²) in [5.74, 6) is 0.965. The van der Waals surface area contributed by atoms with Crippen LogP contribution in [-0.2, 0) is 11.2 Å². The summed E-state index contributed by atoms with van der Waals surface area (Å²) >= 11 is 0. The Balaban J connectivity index is 1.29. The average Bonchev–Trinajstić information content (AvgIpc) is 3.58. The summed E-state index contributed by atoms with van der Waals surface area (Å²) in [7, 11) is 0. The Bertz CT molecular complexity index is 1540. The Morgan fingerprint density at radius 1 is 1.10 bits per heavy atom. The fourth-order valence-electron chi connectivity index (χ4n) is 6.28. The SMILES string of the molecule is CCOC(=O)c1cnn(-c2cc(-c3cccc4c3C(Nc3ccc(C5CCNCC5)cc3C)CC4)ccn2)c1C. The standard InChI is InChI=1S/C33H37N5O2/c1-4-40-33(39)28-20-36-38(22(28)3)31-19-26(14-17-35-31)27-7-5-6-24-8-11-30(32(24)27)37-29-10-9-25(18-21(29)2)23-12-15-34-16-13-23/h5-7,9-10,14,17-20,23,30,34,37H,4,8,11-13,15-16H2,1-3H3. The Morgan fingerprint density at radius 2 is 1.95 bits per heavy atom. The van der Waals surface area contributed by atoms with Gasteiger partial charge in [-0.25, -0.2) is 14.5 Å². The normalized spacial score (nSPS) is 17.0. The molecule has 1 fully saturated rings. The average molecular weight is 536 g/mol. The molecule has 0 saturated carbocycles. The number of ether oxygens (including phenoxy) is 1. The molecule has 40 heavy (non-hydrogen) atoms. The summed E-state index contributed by atoms with van der Waals surface area (Å²) < 4.78 is 6.90. The molecule has 2 aromatic carbocycles. The molecule has 1 saturated heterocycles. The molecule has 1 aliphatic heterocycles. The van der Waals surface area contributed by atoms with Crippen LogP contribution < -0.4 is 10.6 Å². The number of fused-ring (bicyclic) bond motifs is 1. The molecule has 2 aliphatic rings. The topological polar surface area (TPSA) is 81.1 Å². The third kappa shape index (κ3) is 5.02. The van der Waals surface area contributed by atoms with E-state index >= 15 is 0 Å². The Kier molecular flexibility index (Phi) is 7.39. The molecular weight excluding hydrogens is 498 g/mol. The minimum absolute atomic E-state index is 0.230. The third-order valence-corrected chi connectivity index (χ3v) is 8.42. The van der Waals surface area contributed by atoms with Crippen LogP contribution in [0.5, 0.6) is 0 Å². The third-order valence-electron chi connectivity index (χ3n) is 8.42. The van der Waals surface area contributed by atoms with Gasteiger partial charge in [-0.05, 0) is 117 Å². The zero-order chi connectivity index (χ0) is 27.6. The summed E-state index contributed by atoms with van der Waals surface area (Å²) in [5.41, 5.74) is 10.2. The highest BCUT2D eigenvalue weighted by Gasteiger charge is 2.27. The van der Waals surface area contributed by atoms with Gasteiger partial charge in [-0.1, -0.05) is 30.3 Å². The van der Waals surface area contributed by atoms with E-state index in [1.165, 1.54) is 46.3 Å². The number of hydrogen-bond donors (Lipinski definition) is 2. The van der Waals surface area contributed by atoms with Crippen molar-refractivity contribution in [1.82, 2.24) is 20.1 Å². The molecule has 0 bridgehead atoms. The molecule has 0 spiro atoms. The van der Waals surface area contributed by atoms with Crippen LogP contribution in [0.3, 0.4) is 0 Å². The fraction of sp³-hybridized carbons (Fsp3) is 0.364. The molecule has 6 rings (SSSR count). The van der Waals surface area contributed by atoms with Crippen molar-refractivity contribution in [2.75, 3.05) is 25.0 Å². The monoisotopic (exact) mass is 535 g/mol. The minimum Gasteiger partial charge on any atom is -0.462 e. The lowest BCUT2D eigenvalue weighted by Crippen LogP contribution is -2.26. The maximum Gasteiger partial charge on any atom is 0.341 e. The van der Waals surface area contributed by atoms with Crippen LogP contribution in [0.2, 0.25) is 0 Å². The number of anilines is 1. The van der Waals surface area contributed by atoms with Crippen molar-refractivity contribution in [3.8, 4) is 16.9 Å². The van der Waals surface area contributed by atoms with Crippen molar-refractivity contribution in [2.45, 2.75) is 58.4 Å². The van der Waals surface area contributed by atoms with Crippen LogP contribution in [0.25, 0.3) is 16.9 Å². The van der Waals surface area contributed by atoms with Gasteiger partial charge in [0.15, 0.2) is 5.82 Å². The lowest BCUT2D eigenvalue weighted by atomic mass is 9.89. The van der Waals surface area contributed by atoms with E-state index in [0.29, 0.717) is 29.6 Å². The summed E-state index contributed by atoms with van der Waals surface area (Å²) in [6, 6.07) is 17.9. The number of nitrogens with zero attached hydrogens (tertiary/aromatic N) is 3. The fourth-order valence-corrected chi connectivity index (χ4v) is 6.28. The highest BCUT2D eigenvalue weighted by atomic mass is 16.5. The van der Waals surface area contributed by atoms with Crippen LogP contribution >= 0.6 is 0 Å². The summed E-state index contributed by atoms with van der Waals surface area (Å²) in [5, 5.41) is 11.8. The molecule has 7 heteroatoms. The van der Waals surface area contributed by atoms with Gasteiger partial charge < -0.3 is 15.4 Å². The molecule has 1 atom stereocenters. The van der Waals surface area contributed by atoms with Gasteiger partial charge in [-0.15, -0.1) is 0 Å². The molecule has 0 amide bonds. The first-order valence-corrected chi connectivity index (χ1v) is 14.4. The van der Waals surface area contributed by atoms with Crippen molar-refractivity contribution >= 4 is 11.7 Å². The van der Waals surface area contributed by atoms with E-state index in [0.717, 1.165) is 31.5 Å². The second-order valence-electron chi connectivity index (χ2n) is 10.9. The minimum atomic E-state index is -0.365. The Labute approximate surface area is 236 Å².